The molecule has 30 heavy (non-hydrogen) atoms. The molecule has 3 N–H and O–H groups in total. The maximum atomic E-state index is 11.7. The lowest BCUT2D eigenvalue weighted by atomic mass is 10.0. The van der Waals surface area contributed by atoms with Crippen LogP contribution in [0.25, 0.3) is 10.8 Å². The van der Waals surface area contributed by atoms with Crippen molar-refractivity contribution in [2.75, 3.05) is 0 Å². The van der Waals surface area contributed by atoms with E-state index in [0.29, 0.717) is 11.6 Å². The Kier molecular flexibility index (Phi) is 5.65. The quantitative estimate of drug-likeness (QED) is 0.380. The maximum absolute atomic E-state index is 11.7. The Bertz CT molecular complexity index is 1360. The number of aromatic hydroxyl groups is 1. The van der Waals surface area contributed by atoms with E-state index in [-0.39, 0.29) is 16.5 Å². The van der Waals surface area contributed by atoms with Gasteiger partial charge in [-0.05, 0) is 47.2 Å². The van der Waals surface area contributed by atoms with E-state index in [1.54, 1.807) is 12.1 Å². The van der Waals surface area contributed by atoms with Gasteiger partial charge in [-0.15, -0.1) is 5.11 Å². The lowest BCUT2D eigenvalue weighted by Gasteiger charge is -2.09. The standard InChI is InChI=1S/C19H18N2O7S2/c1-11(2)12-3-5-14(6-4-12)20-21-18-16-8-7-15(29(23,24)25)9-13(16)10-17(19(18)22)30(26,27)28/h3-11,22H,1-2H3,(H,23,24,25)(H,26,27,28). The molecule has 0 heterocycles. The first kappa shape index (κ1) is 21.8. The third-order valence-corrected chi connectivity index (χ3v) is 6.14. The van der Waals surface area contributed by atoms with E-state index < -0.39 is 35.8 Å². The Balaban J connectivity index is 2.22. The van der Waals surface area contributed by atoms with Gasteiger partial charge >= 0.3 is 0 Å². The molecule has 0 bridgehead atoms. The first-order valence-electron chi connectivity index (χ1n) is 8.64. The van der Waals surface area contributed by atoms with Crippen LogP contribution in [0.1, 0.15) is 25.3 Å². The van der Waals surface area contributed by atoms with Crippen LogP contribution in [0.15, 0.2) is 68.6 Å². The predicted octanol–water partition coefficient (Wildman–Crippen LogP) is 4.58. The van der Waals surface area contributed by atoms with Crippen molar-refractivity contribution >= 4 is 42.4 Å². The number of fused-ring (bicyclic) bond motifs is 1. The molecule has 0 aliphatic rings. The number of phenolic OH excluding ortho intramolecular Hbond substituents is 1. The van der Waals surface area contributed by atoms with Crippen molar-refractivity contribution in [3.05, 3.63) is 54.1 Å². The molecule has 9 nitrogen and oxygen atoms in total. The molecule has 158 valence electrons. The lowest BCUT2D eigenvalue weighted by molar-refractivity contribution is 0.445. The minimum atomic E-state index is -4.86. The number of hydrogen-bond donors (Lipinski definition) is 3. The zero-order chi connectivity index (χ0) is 22.3. The molecule has 3 rings (SSSR count). The van der Waals surface area contributed by atoms with Crippen LogP contribution in [-0.2, 0) is 20.2 Å². The maximum Gasteiger partial charge on any atom is 0.298 e. The molecule has 0 fully saturated rings. The van der Waals surface area contributed by atoms with Gasteiger partial charge in [0, 0.05) is 5.39 Å². The Hall–Kier alpha value is -2.86. The van der Waals surface area contributed by atoms with E-state index in [2.05, 4.69) is 10.2 Å². The summed E-state index contributed by atoms with van der Waals surface area (Å²) >= 11 is 0. The zero-order valence-electron chi connectivity index (χ0n) is 15.9. The van der Waals surface area contributed by atoms with Gasteiger partial charge in [0.25, 0.3) is 20.2 Å². The molecule has 0 aliphatic heterocycles. The minimum Gasteiger partial charge on any atom is -0.504 e. The van der Waals surface area contributed by atoms with Gasteiger partial charge < -0.3 is 5.11 Å². The molecule has 0 saturated heterocycles. The van der Waals surface area contributed by atoms with Crippen LogP contribution >= 0.6 is 0 Å². The van der Waals surface area contributed by atoms with Gasteiger partial charge in [-0.2, -0.15) is 21.9 Å². The SMILES string of the molecule is CC(C)c1ccc(N=Nc2c(O)c(S(=O)(=O)O)cc3cc(S(=O)(=O)O)ccc23)cc1. The number of hydrogen-bond acceptors (Lipinski definition) is 7. The molecule has 0 aromatic heterocycles. The van der Waals surface area contributed by atoms with Gasteiger partial charge in [-0.3, -0.25) is 9.11 Å². The Morgan fingerprint density at radius 1 is 0.833 bits per heavy atom. The third-order valence-electron chi connectivity index (χ3n) is 4.42. The summed E-state index contributed by atoms with van der Waals surface area (Å²) < 4.78 is 64.8. The number of nitrogens with zero attached hydrogens (tertiary/aromatic N) is 2. The Morgan fingerprint density at radius 2 is 1.47 bits per heavy atom. The molecule has 0 spiro atoms. The highest BCUT2D eigenvalue weighted by atomic mass is 32.2. The van der Waals surface area contributed by atoms with Crippen LogP contribution in [0.5, 0.6) is 5.75 Å². The molecule has 0 saturated carbocycles. The van der Waals surface area contributed by atoms with Crippen LogP contribution in [-0.4, -0.2) is 31.0 Å². The summed E-state index contributed by atoms with van der Waals surface area (Å²) in [6.07, 6.45) is 0. The van der Waals surface area contributed by atoms with E-state index in [1.807, 2.05) is 26.0 Å². The fourth-order valence-electron chi connectivity index (χ4n) is 2.82. The second-order valence-electron chi connectivity index (χ2n) is 6.85. The van der Waals surface area contributed by atoms with Gasteiger partial charge in [0.15, 0.2) is 5.75 Å². The smallest absolute Gasteiger partial charge is 0.298 e. The number of rotatable bonds is 5. The van der Waals surface area contributed by atoms with Crippen LogP contribution < -0.4 is 0 Å². The van der Waals surface area contributed by atoms with Crippen molar-refractivity contribution in [2.24, 2.45) is 10.2 Å². The summed E-state index contributed by atoms with van der Waals surface area (Å²) in [5, 5.41) is 18.5. The molecular formula is C19H18N2O7S2. The van der Waals surface area contributed by atoms with E-state index >= 15 is 0 Å². The fraction of sp³-hybridized carbons (Fsp3) is 0.158. The summed E-state index contributed by atoms with van der Waals surface area (Å²) in [7, 11) is -9.42. The predicted molar refractivity (Wildman–Crippen MR) is 110 cm³/mol. The highest BCUT2D eigenvalue weighted by Crippen LogP contribution is 2.41. The number of azo groups is 1. The Morgan fingerprint density at radius 3 is 2.00 bits per heavy atom. The average molecular weight is 450 g/mol. The van der Waals surface area contributed by atoms with Crippen LogP contribution in [0.2, 0.25) is 0 Å². The van der Waals surface area contributed by atoms with E-state index in [0.717, 1.165) is 23.8 Å². The van der Waals surface area contributed by atoms with Gasteiger partial charge in [0.05, 0.1) is 10.6 Å². The van der Waals surface area contributed by atoms with Crippen molar-refractivity contribution in [2.45, 2.75) is 29.6 Å². The Labute approximate surface area is 173 Å². The number of phenols is 1. The van der Waals surface area contributed by atoms with Crippen LogP contribution in [0.4, 0.5) is 11.4 Å². The summed E-state index contributed by atoms with van der Waals surface area (Å²) in [5.74, 6) is -0.528. The molecule has 0 amide bonds. The molecular weight excluding hydrogens is 432 g/mol. The summed E-state index contributed by atoms with van der Waals surface area (Å²) in [6.45, 7) is 4.06. The molecule has 3 aromatic carbocycles. The largest absolute Gasteiger partial charge is 0.504 e. The van der Waals surface area contributed by atoms with Crippen molar-refractivity contribution in [1.29, 1.82) is 0 Å². The fourth-order valence-corrected chi connectivity index (χ4v) is 3.95. The van der Waals surface area contributed by atoms with Crippen molar-refractivity contribution in [1.82, 2.24) is 0 Å². The molecule has 3 aromatic rings. The first-order chi connectivity index (χ1) is 13.9. The molecule has 0 unspecified atom stereocenters. The zero-order valence-corrected chi connectivity index (χ0v) is 17.5. The van der Waals surface area contributed by atoms with Crippen molar-refractivity contribution < 1.29 is 31.0 Å². The van der Waals surface area contributed by atoms with Crippen molar-refractivity contribution in [3.63, 3.8) is 0 Å². The average Bonchev–Trinajstić information content (AvgIpc) is 2.65. The summed E-state index contributed by atoms with van der Waals surface area (Å²) in [6, 6.07) is 11.3. The monoisotopic (exact) mass is 450 g/mol. The van der Waals surface area contributed by atoms with Gasteiger partial charge in [-0.25, -0.2) is 0 Å². The summed E-state index contributed by atoms with van der Waals surface area (Å²) in [4.78, 5) is -1.36. The van der Waals surface area contributed by atoms with Gasteiger partial charge in [-0.1, -0.05) is 32.0 Å². The van der Waals surface area contributed by atoms with Crippen LogP contribution in [0, 0.1) is 0 Å². The highest BCUT2D eigenvalue weighted by Gasteiger charge is 2.22. The first-order valence-corrected chi connectivity index (χ1v) is 11.5. The second kappa shape index (κ2) is 7.76. The third kappa shape index (κ3) is 4.49. The van der Waals surface area contributed by atoms with Gasteiger partial charge in [0.2, 0.25) is 0 Å². The van der Waals surface area contributed by atoms with E-state index in [9.17, 15) is 31.0 Å². The highest BCUT2D eigenvalue weighted by molar-refractivity contribution is 7.86. The number of benzene rings is 3. The molecule has 0 radical (unpaired) electrons. The lowest BCUT2D eigenvalue weighted by Crippen LogP contribution is -2.00. The summed E-state index contributed by atoms with van der Waals surface area (Å²) in [5.41, 5.74) is 1.22. The minimum absolute atomic E-state index is 0.000319. The normalized spacial score (nSPS) is 12.8. The molecule has 0 aliphatic carbocycles. The molecule has 11 heteroatoms. The van der Waals surface area contributed by atoms with E-state index in [1.165, 1.54) is 6.07 Å². The topological polar surface area (TPSA) is 154 Å². The molecule has 0 atom stereocenters. The van der Waals surface area contributed by atoms with Crippen LogP contribution in [0.3, 0.4) is 0 Å². The van der Waals surface area contributed by atoms with Gasteiger partial charge in [0.1, 0.15) is 10.6 Å². The van der Waals surface area contributed by atoms with E-state index in [4.69, 9.17) is 0 Å². The second-order valence-corrected chi connectivity index (χ2v) is 9.66. The van der Waals surface area contributed by atoms with Crippen molar-refractivity contribution in [3.8, 4) is 5.75 Å².